The molecule has 2 aromatic rings. The van der Waals surface area contributed by atoms with Gasteiger partial charge in [-0.25, -0.2) is 0 Å². The lowest BCUT2D eigenvalue weighted by Gasteiger charge is -2.43. The van der Waals surface area contributed by atoms with Crippen molar-refractivity contribution in [2.45, 2.75) is 84.2 Å². The van der Waals surface area contributed by atoms with Gasteiger partial charge in [-0.05, 0) is 80.8 Å². The van der Waals surface area contributed by atoms with E-state index in [1.807, 2.05) is 26.0 Å². The van der Waals surface area contributed by atoms with E-state index >= 15 is 0 Å². The summed E-state index contributed by atoms with van der Waals surface area (Å²) in [5.74, 6) is -1.01. The number of hydrogen-bond acceptors (Lipinski definition) is 6. The zero-order valence-corrected chi connectivity index (χ0v) is 26.8. The first-order valence-corrected chi connectivity index (χ1v) is 16.0. The van der Waals surface area contributed by atoms with E-state index in [0.717, 1.165) is 24.8 Å². The number of benzene rings is 2. The molecule has 44 heavy (non-hydrogen) atoms. The van der Waals surface area contributed by atoms with Gasteiger partial charge in [0.1, 0.15) is 17.6 Å². The predicted molar refractivity (Wildman–Crippen MR) is 170 cm³/mol. The SMILES string of the molecule is CN[C@@H](C)C(=O)C[C@H](C(=O)N1CCN(C(=O)c2ccc(CC(C)=O)cc2)C[C@H]1C(=O)C[C@@H]1CCCc2ccccc21)C(C)C. The van der Waals surface area contributed by atoms with Crippen LogP contribution in [0.25, 0.3) is 0 Å². The summed E-state index contributed by atoms with van der Waals surface area (Å²) in [6, 6.07) is 14.1. The lowest BCUT2D eigenvalue weighted by atomic mass is 9.79. The highest BCUT2D eigenvalue weighted by molar-refractivity contribution is 5.97. The van der Waals surface area contributed by atoms with Gasteiger partial charge in [-0.1, -0.05) is 50.2 Å². The molecular formula is C36H47N3O5. The van der Waals surface area contributed by atoms with Crippen LogP contribution in [-0.4, -0.2) is 77.7 Å². The number of hydrogen-bond donors (Lipinski definition) is 1. The van der Waals surface area contributed by atoms with Crippen molar-refractivity contribution in [1.82, 2.24) is 15.1 Å². The van der Waals surface area contributed by atoms with E-state index in [4.69, 9.17) is 0 Å². The smallest absolute Gasteiger partial charge is 0.253 e. The van der Waals surface area contributed by atoms with Gasteiger partial charge in [0.15, 0.2) is 5.78 Å². The van der Waals surface area contributed by atoms with Gasteiger partial charge in [0.25, 0.3) is 5.91 Å². The Balaban J connectivity index is 1.59. The van der Waals surface area contributed by atoms with Crippen LogP contribution >= 0.6 is 0 Å². The Morgan fingerprint density at radius 3 is 2.32 bits per heavy atom. The second kappa shape index (κ2) is 14.9. The largest absolute Gasteiger partial charge is 0.334 e. The molecule has 2 amide bonds. The Hall–Kier alpha value is -3.65. The van der Waals surface area contributed by atoms with E-state index in [2.05, 4.69) is 17.4 Å². The molecule has 1 aliphatic carbocycles. The number of aryl methyl sites for hydroxylation is 1. The lowest BCUT2D eigenvalue weighted by Crippen LogP contribution is -2.61. The van der Waals surface area contributed by atoms with E-state index < -0.39 is 12.0 Å². The van der Waals surface area contributed by atoms with Gasteiger partial charge < -0.3 is 15.1 Å². The van der Waals surface area contributed by atoms with Crippen LogP contribution in [0.5, 0.6) is 0 Å². The number of carbonyl (C=O) groups excluding carboxylic acids is 5. The topological polar surface area (TPSA) is 104 Å². The first kappa shape index (κ1) is 33.2. The molecule has 236 valence electrons. The molecule has 0 saturated carbocycles. The number of ketones is 3. The summed E-state index contributed by atoms with van der Waals surface area (Å²) in [5, 5.41) is 2.97. The molecule has 0 aromatic heterocycles. The Kier molecular flexibility index (Phi) is 11.2. The third kappa shape index (κ3) is 7.89. The van der Waals surface area contributed by atoms with E-state index in [-0.39, 0.29) is 66.6 Å². The first-order valence-electron chi connectivity index (χ1n) is 16.0. The van der Waals surface area contributed by atoms with Crippen LogP contribution in [0.2, 0.25) is 0 Å². The van der Waals surface area contributed by atoms with Crippen molar-refractivity contribution in [3.8, 4) is 0 Å². The molecule has 0 bridgehead atoms. The summed E-state index contributed by atoms with van der Waals surface area (Å²) >= 11 is 0. The summed E-state index contributed by atoms with van der Waals surface area (Å²) < 4.78 is 0. The summed E-state index contributed by atoms with van der Waals surface area (Å²) in [6.07, 6.45) is 3.62. The van der Waals surface area contributed by atoms with Gasteiger partial charge in [0, 0.05) is 50.4 Å². The van der Waals surface area contributed by atoms with Gasteiger partial charge >= 0.3 is 0 Å². The minimum Gasteiger partial charge on any atom is -0.334 e. The molecule has 0 radical (unpaired) electrons. The molecule has 2 aliphatic rings. The minimum atomic E-state index is -0.788. The molecule has 1 heterocycles. The van der Waals surface area contributed by atoms with Crippen molar-refractivity contribution in [3.05, 3.63) is 70.8 Å². The number of nitrogens with one attached hydrogen (secondary N) is 1. The van der Waals surface area contributed by atoms with Crippen LogP contribution in [0.3, 0.4) is 0 Å². The number of Topliss-reactive ketones (excluding diaryl/α,β-unsaturated/α-hetero) is 3. The summed E-state index contributed by atoms with van der Waals surface area (Å²) in [7, 11) is 1.72. The molecule has 0 unspecified atom stereocenters. The zero-order valence-electron chi connectivity index (χ0n) is 26.8. The van der Waals surface area contributed by atoms with E-state index in [1.54, 1.807) is 48.0 Å². The monoisotopic (exact) mass is 601 g/mol. The normalized spacial score (nSPS) is 19.7. The molecule has 0 spiro atoms. The van der Waals surface area contributed by atoms with Crippen molar-refractivity contribution >= 4 is 29.2 Å². The molecule has 2 aromatic carbocycles. The van der Waals surface area contributed by atoms with Gasteiger partial charge in [-0.15, -0.1) is 0 Å². The highest BCUT2D eigenvalue weighted by atomic mass is 16.2. The van der Waals surface area contributed by atoms with Crippen LogP contribution < -0.4 is 5.32 Å². The third-order valence-corrected chi connectivity index (χ3v) is 9.38. The van der Waals surface area contributed by atoms with Crippen molar-refractivity contribution < 1.29 is 24.0 Å². The molecule has 8 heteroatoms. The molecule has 4 rings (SSSR count). The van der Waals surface area contributed by atoms with Crippen molar-refractivity contribution in [2.75, 3.05) is 26.7 Å². The Morgan fingerprint density at radius 2 is 1.66 bits per heavy atom. The number of carbonyl (C=O) groups is 5. The number of piperazine rings is 1. The molecule has 4 atom stereocenters. The fourth-order valence-electron chi connectivity index (χ4n) is 6.56. The van der Waals surface area contributed by atoms with Crippen LogP contribution in [-0.2, 0) is 32.0 Å². The van der Waals surface area contributed by atoms with Gasteiger partial charge in [0.05, 0.1) is 6.04 Å². The van der Waals surface area contributed by atoms with Crippen molar-refractivity contribution in [2.24, 2.45) is 11.8 Å². The average molecular weight is 602 g/mol. The molecule has 8 nitrogen and oxygen atoms in total. The number of rotatable bonds is 12. The van der Waals surface area contributed by atoms with Gasteiger partial charge in [-0.3, -0.25) is 24.0 Å². The van der Waals surface area contributed by atoms with E-state index in [1.165, 1.54) is 18.1 Å². The molecule has 1 fully saturated rings. The quantitative estimate of drug-likeness (QED) is 0.387. The van der Waals surface area contributed by atoms with Crippen LogP contribution in [0.1, 0.15) is 86.3 Å². The maximum atomic E-state index is 14.2. The molecule has 1 aliphatic heterocycles. The highest BCUT2D eigenvalue weighted by Crippen LogP contribution is 2.35. The lowest BCUT2D eigenvalue weighted by molar-refractivity contribution is -0.148. The Morgan fingerprint density at radius 1 is 0.955 bits per heavy atom. The fourth-order valence-corrected chi connectivity index (χ4v) is 6.56. The Bertz CT molecular complexity index is 1370. The highest BCUT2D eigenvalue weighted by Gasteiger charge is 2.41. The third-order valence-electron chi connectivity index (χ3n) is 9.38. The van der Waals surface area contributed by atoms with Crippen molar-refractivity contribution in [1.29, 1.82) is 0 Å². The fraction of sp³-hybridized carbons (Fsp3) is 0.528. The Labute approximate surface area is 261 Å². The average Bonchev–Trinajstić information content (AvgIpc) is 3.02. The van der Waals surface area contributed by atoms with E-state index in [0.29, 0.717) is 24.9 Å². The maximum Gasteiger partial charge on any atom is 0.253 e. The summed E-state index contributed by atoms with van der Waals surface area (Å²) in [5.41, 5.74) is 3.80. The van der Waals surface area contributed by atoms with Crippen LogP contribution in [0.15, 0.2) is 48.5 Å². The zero-order chi connectivity index (χ0) is 32.0. The maximum absolute atomic E-state index is 14.2. The predicted octanol–water partition coefficient (Wildman–Crippen LogP) is 4.39. The molecule has 1 N–H and O–H groups in total. The van der Waals surface area contributed by atoms with Crippen LogP contribution in [0, 0.1) is 11.8 Å². The number of likely N-dealkylation sites (N-methyl/N-ethyl adjacent to an activating group) is 1. The summed E-state index contributed by atoms with van der Waals surface area (Å²) in [6.45, 7) is 7.82. The number of fused-ring (bicyclic) bond motifs is 1. The second-order valence-electron chi connectivity index (χ2n) is 12.9. The second-order valence-corrected chi connectivity index (χ2v) is 12.9. The first-order chi connectivity index (χ1) is 21.0. The number of nitrogens with zero attached hydrogens (tertiary/aromatic N) is 2. The van der Waals surface area contributed by atoms with Crippen LogP contribution in [0.4, 0.5) is 0 Å². The minimum absolute atomic E-state index is 0.0386. The standard InChI is InChI=1S/C36H47N3O5/c1-23(2)31(21-33(41)25(4)37-5)36(44)39-18-17-38(35(43)28-15-13-26(14-16-28)19-24(3)40)22-32(39)34(42)20-29-11-8-10-27-9-6-7-12-30(27)29/h6-7,9,12-16,23,25,29,31-32,37H,8,10-11,17-22H2,1-5H3/t25-,29-,31-,32-/m0/s1. The summed E-state index contributed by atoms with van der Waals surface area (Å²) in [4.78, 5) is 69.6. The number of amides is 2. The van der Waals surface area contributed by atoms with Gasteiger partial charge in [-0.2, -0.15) is 0 Å². The van der Waals surface area contributed by atoms with Gasteiger partial charge in [0.2, 0.25) is 5.91 Å². The van der Waals surface area contributed by atoms with E-state index in [9.17, 15) is 24.0 Å². The van der Waals surface area contributed by atoms with Crippen molar-refractivity contribution in [3.63, 3.8) is 0 Å². The molecular weight excluding hydrogens is 554 g/mol. The molecule has 1 saturated heterocycles.